The number of rotatable bonds is 4. The second-order valence-electron chi connectivity index (χ2n) is 4.84. The van der Waals surface area contributed by atoms with Crippen LogP contribution in [0.2, 0.25) is 0 Å². The summed E-state index contributed by atoms with van der Waals surface area (Å²) in [5.74, 6) is 0.528. The van der Waals surface area contributed by atoms with E-state index in [1.807, 2.05) is 37.3 Å². The normalized spacial score (nSPS) is 12.7. The lowest BCUT2D eigenvalue weighted by Crippen LogP contribution is -2.21. The van der Waals surface area contributed by atoms with Crippen LogP contribution in [0.5, 0.6) is 0 Å². The average Bonchev–Trinajstić information content (AvgIpc) is 2.88. The first kappa shape index (κ1) is 14.3. The lowest BCUT2D eigenvalue weighted by atomic mass is 10.0. The van der Waals surface area contributed by atoms with E-state index in [1.54, 1.807) is 6.07 Å². The summed E-state index contributed by atoms with van der Waals surface area (Å²) in [6, 6.07) is 14.4. The Labute approximate surface area is 131 Å². The topological polar surface area (TPSA) is 25.2 Å². The van der Waals surface area contributed by atoms with Crippen molar-refractivity contribution in [2.45, 2.75) is 13.0 Å². The van der Waals surface area contributed by atoms with Crippen molar-refractivity contribution in [2.24, 2.45) is 0 Å². The van der Waals surface area contributed by atoms with E-state index in [-0.39, 0.29) is 11.9 Å². The molecule has 3 rings (SSSR count). The maximum absolute atomic E-state index is 13.3. The van der Waals surface area contributed by atoms with Gasteiger partial charge in [-0.1, -0.05) is 41.1 Å². The molecule has 1 unspecified atom stereocenters. The van der Waals surface area contributed by atoms with Crippen LogP contribution < -0.4 is 5.32 Å². The molecular weight excluding hydrogens is 333 g/mol. The highest BCUT2D eigenvalue weighted by molar-refractivity contribution is 9.10. The summed E-state index contributed by atoms with van der Waals surface area (Å²) in [7, 11) is 0. The Bertz CT molecular complexity index is 768. The van der Waals surface area contributed by atoms with Gasteiger partial charge in [-0.3, -0.25) is 0 Å². The fourth-order valence-corrected chi connectivity index (χ4v) is 2.97. The molecule has 21 heavy (non-hydrogen) atoms. The molecule has 108 valence electrons. The fourth-order valence-electron chi connectivity index (χ4n) is 2.45. The minimum atomic E-state index is -0.254. The number of benzene rings is 2. The number of nitrogens with one attached hydrogen (secondary N) is 1. The summed E-state index contributed by atoms with van der Waals surface area (Å²) in [6.07, 6.45) is 0. The number of halogens is 2. The van der Waals surface area contributed by atoms with Crippen LogP contribution in [-0.2, 0) is 0 Å². The third kappa shape index (κ3) is 2.87. The molecule has 0 amide bonds. The first-order valence-electron chi connectivity index (χ1n) is 6.86. The molecule has 0 radical (unpaired) electrons. The van der Waals surface area contributed by atoms with Gasteiger partial charge >= 0.3 is 0 Å². The summed E-state index contributed by atoms with van der Waals surface area (Å²) in [4.78, 5) is 0. The predicted molar refractivity (Wildman–Crippen MR) is 85.8 cm³/mol. The van der Waals surface area contributed by atoms with E-state index in [0.29, 0.717) is 5.58 Å². The SMILES string of the molecule is CCNC(c1cc2cc(F)ccc2o1)c1ccccc1Br. The Morgan fingerprint density at radius 2 is 2.00 bits per heavy atom. The summed E-state index contributed by atoms with van der Waals surface area (Å²) in [5, 5.41) is 4.19. The van der Waals surface area contributed by atoms with Gasteiger partial charge in [0.25, 0.3) is 0 Å². The van der Waals surface area contributed by atoms with Crippen molar-refractivity contribution in [2.75, 3.05) is 6.54 Å². The van der Waals surface area contributed by atoms with Crippen LogP contribution in [-0.4, -0.2) is 6.54 Å². The first-order valence-corrected chi connectivity index (χ1v) is 7.65. The van der Waals surface area contributed by atoms with Crippen LogP contribution in [0.15, 0.2) is 57.4 Å². The largest absolute Gasteiger partial charge is 0.459 e. The van der Waals surface area contributed by atoms with Crippen LogP contribution in [0.1, 0.15) is 24.3 Å². The number of furan rings is 1. The maximum atomic E-state index is 13.3. The van der Waals surface area contributed by atoms with Crippen LogP contribution >= 0.6 is 15.9 Å². The van der Waals surface area contributed by atoms with E-state index in [9.17, 15) is 4.39 Å². The van der Waals surface area contributed by atoms with Crippen molar-refractivity contribution >= 4 is 26.9 Å². The highest BCUT2D eigenvalue weighted by Gasteiger charge is 2.19. The third-order valence-corrected chi connectivity index (χ3v) is 4.13. The Morgan fingerprint density at radius 3 is 2.76 bits per heavy atom. The van der Waals surface area contributed by atoms with Gasteiger partial charge in [0.1, 0.15) is 17.2 Å². The van der Waals surface area contributed by atoms with E-state index in [2.05, 4.69) is 21.2 Å². The van der Waals surface area contributed by atoms with Gasteiger partial charge < -0.3 is 9.73 Å². The van der Waals surface area contributed by atoms with Crippen LogP contribution in [0.4, 0.5) is 4.39 Å². The highest BCUT2D eigenvalue weighted by Crippen LogP contribution is 2.32. The van der Waals surface area contributed by atoms with Gasteiger partial charge in [-0.2, -0.15) is 0 Å². The summed E-state index contributed by atoms with van der Waals surface area (Å²) < 4.78 is 20.2. The predicted octanol–water partition coefficient (Wildman–Crippen LogP) is 5.03. The lowest BCUT2D eigenvalue weighted by Gasteiger charge is -2.17. The molecule has 0 aliphatic rings. The van der Waals surface area contributed by atoms with Gasteiger partial charge in [-0.25, -0.2) is 4.39 Å². The molecule has 3 aromatic rings. The lowest BCUT2D eigenvalue weighted by molar-refractivity contribution is 0.476. The molecule has 4 heteroatoms. The molecule has 0 saturated heterocycles. The summed E-state index contributed by atoms with van der Waals surface area (Å²) in [5.41, 5.74) is 1.79. The van der Waals surface area contributed by atoms with Crippen molar-refractivity contribution in [3.63, 3.8) is 0 Å². The van der Waals surface area contributed by atoms with Crippen LogP contribution in [0.25, 0.3) is 11.0 Å². The second kappa shape index (κ2) is 6.00. The molecule has 1 aromatic heterocycles. The first-order chi connectivity index (χ1) is 10.2. The minimum Gasteiger partial charge on any atom is -0.459 e. The molecule has 0 aliphatic heterocycles. The number of hydrogen-bond donors (Lipinski definition) is 1. The smallest absolute Gasteiger partial charge is 0.134 e. The van der Waals surface area contributed by atoms with Gasteiger partial charge in [0.05, 0.1) is 6.04 Å². The average molecular weight is 348 g/mol. The third-order valence-electron chi connectivity index (χ3n) is 3.41. The molecule has 0 fully saturated rings. The Hall–Kier alpha value is -1.65. The minimum absolute atomic E-state index is 0.0685. The van der Waals surface area contributed by atoms with E-state index >= 15 is 0 Å². The van der Waals surface area contributed by atoms with Gasteiger partial charge in [-0.15, -0.1) is 0 Å². The van der Waals surface area contributed by atoms with E-state index < -0.39 is 0 Å². The van der Waals surface area contributed by atoms with E-state index in [4.69, 9.17) is 4.42 Å². The van der Waals surface area contributed by atoms with E-state index in [0.717, 1.165) is 27.7 Å². The van der Waals surface area contributed by atoms with Gasteiger partial charge in [0.15, 0.2) is 0 Å². The van der Waals surface area contributed by atoms with Crippen molar-refractivity contribution in [1.82, 2.24) is 5.32 Å². The molecule has 1 atom stereocenters. The molecule has 0 aliphatic carbocycles. The molecular formula is C17H15BrFNO. The molecule has 1 N–H and O–H groups in total. The fraction of sp³-hybridized carbons (Fsp3) is 0.176. The van der Waals surface area contributed by atoms with Crippen LogP contribution in [0.3, 0.4) is 0 Å². The standard InChI is InChI=1S/C17H15BrFNO/c1-2-20-17(13-5-3-4-6-14(13)18)16-10-11-9-12(19)7-8-15(11)21-16/h3-10,17,20H,2H2,1H3. The van der Waals surface area contributed by atoms with E-state index in [1.165, 1.54) is 12.1 Å². The summed E-state index contributed by atoms with van der Waals surface area (Å²) in [6.45, 7) is 2.85. The molecule has 2 aromatic carbocycles. The van der Waals surface area contributed by atoms with Crippen molar-refractivity contribution < 1.29 is 8.81 Å². The number of fused-ring (bicyclic) bond motifs is 1. The van der Waals surface area contributed by atoms with Crippen molar-refractivity contribution in [1.29, 1.82) is 0 Å². The molecule has 1 heterocycles. The number of hydrogen-bond acceptors (Lipinski definition) is 2. The second-order valence-corrected chi connectivity index (χ2v) is 5.70. The quantitative estimate of drug-likeness (QED) is 0.715. The van der Waals surface area contributed by atoms with Gasteiger partial charge in [-0.05, 0) is 42.4 Å². The molecule has 0 bridgehead atoms. The van der Waals surface area contributed by atoms with Crippen molar-refractivity contribution in [3.8, 4) is 0 Å². The highest BCUT2D eigenvalue weighted by atomic mass is 79.9. The van der Waals surface area contributed by atoms with Gasteiger partial charge in [0, 0.05) is 9.86 Å². The monoisotopic (exact) mass is 347 g/mol. The van der Waals surface area contributed by atoms with Crippen LogP contribution in [0, 0.1) is 5.82 Å². The molecule has 0 saturated carbocycles. The Kier molecular flexibility index (Phi) is 4.08. The molecule has 2 nitrogen and oxygen atoms in total. The zero-order valence-corrected chi connectivity index (χ0v) is 13.2. The Balaban J connectivity index is 2.09. The zero-order valence-electron chi connectivity index (χ0n) is 11.6. The van der Waals surface area contributed by atoms with Crippen molar-refractivity contribution in [3.05, 3.63) is 70.1 Å². The maximum Gasteiger partial charge on any atom is 0.134 e. The summed E-state index contributed by atoms with van der Waals surface area (Å²) >= 11 is 3.58. The zero-order chi connectivity index (χ0) is 14.8. The molecule has 0 spiro atoms. The Morgan fingerprint density at radius 1 is 1.19 bits per heavy atom. The van der Waals surface area contributed by atoms with Gasteiger partial charge in [0.2, 0.25) is 0 Å².